The molecule has 2 aliphatic rings. The zero-order valence-electron chi connectivity index (χ0n) is 16.0. The monoisotopic (exact) mass is 376 g/mol. The number of carbonyl (C=O) groups excluding carboxylic acids is 1. The first-order chi connectivity index (χ1) is 13.7. The van der Waals surface area contributed by atoms with Crippen LogP contribution in [0.1, 0.15) is 29.0 Å². The molecule has 0 bridgehead atoms. The Hall–Kier alpha value is -2.80. The molecule has 0 spiro atoms. The van der Waals surface area contributed by atoms with Crippen molar-refractivity contribution in [3.63, 3.8) is 0 Å². The average molecular weight is 376 g/mol. The van der Waals surface area contributed by atoms with Gasteiger partial charge in [-0.05, 0) is 56.8 Å². The van der Waals surface area contributed by atoms with Gasteiger partial charge in [-0.15, -0.1) is 5.10 Å². The van der Waals surface area contributed by atoms with E-state index in [4.69, 9.17) is 0 Å². The third kappa shape index (κ3) is 2.86. The molecule has 2 aliphatic heterocycles. The van der Waals surface area contributed by atoms with Gasteiger partial charge in [-0.3, -0.25) is 9.78 Å². The van der Waals surface area contributed by atoms with Crippen molar-refractivity contribution in [2.24, 2.45) is 11.8 Å². The minimum absolute atomic E-state index is 0.00131. The maximum Gasteiger partial charge on any atom is 0.276 e. The van der Waals surface area contributed by atoms with Crippen LogP contribution < -0.4 is 5.32 Å². The highest BCUT2D eigenvalue weighted by Crippen LogP contribution is 2.28. The normalized spacial score (nSPS) is 22.2. The molecule has 2 atom stereocenters. The lowest BCUT2D eigenvalue weighted by molar-refractivity contribution is 0.0751. The summed E-state index contributed by atoms with van der Waals surface area (Å²) in [5.74, 6) is 1.39. The van der Waals surface area contributed by atoms with Crippen LogP contribution in [0.3, 0.4) is 0 Å². The molecule has 144 valence electrons. The van der Waals surface area contributed by atoms with E-state index in [2.05, 4.69) is 20.6 Å². The highest BCUT2D eigenvalue weighted by Gasteiger charge is 2.33. The van der Waals surface area contributed by atoms with Gasteiger partial charge >= 0.3 is 0 Å². The summed E-state index contributed by atoms with van der Waals surface area (Å²) in [5, 5.41) is 14.2. The van der Waals surface area contributed by atoms with Crippen LogP contribution in [0, 0.1) is 18.8 Å². The van der Waals surface area contributed by atoms with Gasteiger partial charge in [0.05, 0.1) is 11.4 Å². The van der Waals surface area contributed by atoms with E-state index in [-0.39, 0.29) is 5.91 Å². The van der Waals surface area contributed by atoms with Crippen molar-refractivity contribution in [2.45, 2.75) is 19.8 Å². The molecule has 1 aromatic carbocycles. The SMILES string of the molecule is Cc1c(C(=O)N2CC[C@@H]3CNC[C@@H]3CC2)nnn1-c1cccc2cnccc12. The number of carbonyl (C=O) groups is 1. The number of likely N-dealkylation sites (tertiary alicyclic amines) is 1. The van der Waals surface area contributed by atoms with E-state index in [1.165, 1.54) is 0 Å². The van der Waals surface area contributed by atoms with Crippen LogP contribution in [-0.2, 0) is 0 Å². The highest BCUT2D eigenvalue weighted by atomic mass is 16.2. The molecule has 2 aromatic heterocycles. The maximum atomic E-state index is 13.2. The zero-order chi connectivity index (χ0) is 19.1. The van der Waals surface area contributed by atoms with E-state index in [0.717, 1.165) is 61.2 Å². The molecule has 7 nitrogen and oxygen atoms in total. The molecule has 5 rings (SSSR count). The van der Waals surface area contributed by atoms with Crippen LogP contribution >= 0.6 is 0 Å². The maximum absolute atomic E-state index is 13.2. The molecule has 0 aliphatic carbocycles. The highest BCUT2D eigenvalue weighted by molar-refractivity contribution is 5.94. The Labute approximate surface area is 163 Å². The first-order valence-corrected chi connectivity index (χ1v) is 9.98. The number of hydrogen-bond acceptors (Lipinski definition) is 5. The second-order valence-corrected chi connectivity index (χ2v) is 7.86. The van der Waals surface area contributed by atoms with Gasteiger partial charge in [-0.1, -0.05) is 17.3 Å². The van der Waals surface area contributed by atoms with Gasteiger partial charge in [0, 0.05) is 36.3 Å². The van der Waals surface area contributed by atoms with Gasteiger partial charge in [0.1, 0.15) is 0 Å². The summed E-state index contributed by atoms with van der Waals surface area (Å²) in [7, 11) is 0. The third-order valence-electron chi connectivity index (χ3n) is 6.29. The number of nitrogens with zero attached hydrogens (tertiary/aromatic N) is 5. The van der Waals surface area contributed by atoms with E-state index in [9.17, 15) is 4.79 Å². The van der Waals surface area contributed by atoms with Crippen molar-refractivity contribution in [2.75, 3.05) is 26.2 Å². The van der Waals surface area contributed by atoms with E-state index in [0.29, 0.717) is 17.5 Å². The summed E-state index contributed by atoms with van der Waals surface area (Å²) in [4.78, 5) is 19.3. The molecule has 2 saturated heterocycles. The molecular formula is C21H24N6O. The Kier molecular flexibility index (Phi) is 4.31. The van der Waals surface area contributed by atoms with Crippen molar-refractivity contribution in [1.29, 1.82) is 0 Å². The number of hydrogen-bond donors (Lipinski definition) is 1. The summed E-state index contributed by atoms with van der Waals surface area (Å²) >= 11 is 0. The molecule has 0 saturated carbocycles. The van der Waals surface area contributed by atoms with Crippen LogP contribution in [0.5, 0.6) is 0 Å². The van der Waals surface area contributed by atoms with Crippen LogP contribution in [0.25, 0.3) is 16.5 Å². The van der Waals surface area contributed by atoms with E-state index >= 15 is 0 Å². The minimum atomic E-state index is -0.00131. The summed E-state index contributed by atoms with van der Waals surface area (Å²) in [6, 6.07) is 7.96. The molecule has 7 heteroatoms. The lowest BCUT2D eigenvalue weighted by atomic mass is 9.92. The van der Waals surface area contributed by atoms with Gasteiger partial charge in [0.2, 0.25) is 0 Å². The average Bonchev–Trinajstić information content (AvgIpc) is 3.28. The predicted molar refractivity (Wildman–Crippen MR) is 106 cm³/mol. The molecule has 28 heavy (non-hydrogen) atoms. The zero-order valence-corrected chi connectivity index (χ0v) is 16.0. The lowest BCUT2D eigenvalue weighted by Gasteiger charge is -2.20. The Morgan fingerprint density at radius 2 is 1.93 bits per heavy atom. The van der Waals surface area contributed by atoms with Crippen molar-refractivity contribution in [1.82, 2.24) is 30.2 Å². The van der Waals surface area contributed by atoms with E-state index in [1.807, 2.05) is 42.3 Å². The molecule has 3 aromatic rings. The van der Waals surface area contributed by atoms with Crippen LogP contribution in [-0.4, -0.2) is 57.0 Å². The molecule has 2 fully saturated rings. The Morgan fingerprint density at radius 1 is 1.14 bits per heavy atom. The summed E-state index contributed by atoms with van der Waals surface area (Å²) in [6.07, 6.45) is 5.73. The summed E-state index contributed by atoms with van der Waals surface area (Å²) in [5.41, 5.74) is 2.15. The molecule has 1 N–H and O–H groups in total. The molecular weight excluding hydrogens is 352 g/mol. The second-order valence-electron chi connectivity index (χ2n) is 7.86. The fraction of sp³-hybridized carbons (Fsp3) is 0.429. The number of amides is 1. The van der Waals surface area contributed by atoms with E-state index < -0.39 is 0 Å². The summed E-state index contributed by atoms with van der Waals surface area (Å²) in [6.45, 7) is 5.68. The fourth-order valence-corrected chi connectivity index (χ4v) is 4.62. The van der Waals surface area contributed by atoms with Gasteiger partial charge in [0.15, 0.2) is 5.69 Å². The van der Waals surface area contributed by atoms with Crippen LogP contribution in [0.15, 0.2) is 36.7 Å². The lowest BCUT2D eigenvalue weighted by Crippen LogP contribution is -2.33. The molecule has 0 unspecified atom stereocenters. The van der Waals surface area contributed by atoms with Gasteiger partial charge in [-0.25, -0.2) is 4.68 Å². The smallest absolute Gasteiger partial charge is 0.276 e. The van der Waals surface area contributed by atoms with Crippen LogP contribution in [0.2, 0.25) is 0 Å². The number of benzene rings is 1. The minimum Gasteiger partial charge on any atom is -0.337 e. The quantitative estimate of drug-likeness (QED) is 0.742. The van der Waals surface area contributed by atoms with Crippen molar-refractivity contribution in [3.05, 3.63) is 48.0 Å². The number of rotatable bonds is 2. The predicted octanol–water partition coefficient (Wildman–Crippen LogP) is 2.20. The van der Waals surface area contributed by atoms with Gasteiger partial charge < -0.3 is 10.2 Å². The van der Waals surface area contributed by atoms with Gasteiger partial charge in [0.25, 0.3) is 5.91 Å². The summed E-state index contributed by atoms with van der Waals surface area (Å²) < 4.78 is 1.77. The van der Waals surface area contributed by atoms with Crippen molar-refractivity contribution >= 4 is 16.7 Å². The van der Waals surface area contributed by atoms with E-state index in [1.54, 1.807) is 10.9 Å². The Bertz CT molecular complexity index is 1010. The van der Waals surface area contributed by atoms with Crippen LogP contribution in [0.4, 0.5) is 0 Å². The van der Waals surface area contributed by atoms with Gasteiger partial charge in [-0.2, -0.15) is 0 Å². The number of aromatic nitrogens is 4. The van der Waals surface area contributed by atoms with Crippen molar-refractivity contribution in [3.8, 4) is 5.69 Å². The molecule has 0 radical (unpaired) electrons. The second kappa shape index (κ2) is 6.98. The Morgan fingerprint density at radius 3 is 2.71 bits per heavy atom. The third-order valence-corrected chi connectivity index (χ3v) is 6.29. The topological polar surface area (TPSA) is 75.9 Å². The van der Waals surface area contributed by atoms with Crippen molar-refractivity contribution < 1.29 is 4.79 Å². The molecule has 4 heterocycles. The number of pyridine rings is 1. The first kappa shape index (κ1) is 17.3. The largest absolute Gasteiger partial charge is 0.337 e. The number of fused-ring (bicyclic) bond motifs is 2. The molecule has 1 amide bonds. The number of nitrogens with one attached hydrogen (secondary N) is 1. The fourth-order valence-electron chi connectivity index (χ4n) is 4.62. The standard InChI is InChI=1S/C21H24N6O/c1-14-20(21(28)26-9-6-15-11-23-12-16(15)7-10-26)24-25-27(14)19-4-2-3-17-13-22-8-5-18(17)19/h2-5,8,13,15-16,23H,6-7,9-12H2,1H3/t15-,16+. The first-order valence-electron chi connectivity index (χ1n) is 9.98. The Balaban J connectivity index is 1.44.